The number of hydrogen-bond donors (Lipinski definition) is 0. The van der Waals surface area contributed by atoms with E-state index < -0.39 is 0 Å². The molecule has 0 unspecified atom stereocenters. The zero-order valence-corrected chi connectivity index (χ0v) is 13.3. The van der Waals surface area contributed by atoms with Gasteiger partial charge in [-0.1, -0.05) is 6.92 Å². The second-order valence-electron chi connectivity index (χ2n) is 4.17. The fraction of sp³-hybridized carbons (Fsp3) is 0.833. The number of rotatable bonds is 1. The van der Waals surface area contributed by atoms with E-state index in [1.165, 1.54) is 23.8 Å². The van der Waals surface area contributed by atoms with Gasteiger partial charge in [0.25, 0.3) is 0 Å². The van der Waals surface area contributed by atoms with Gasteiger partial charge in [-0.15, -0.1) is 0 Å². The molecule has 0 aromatic heterocycles. The minimum absolute atomic E-state index is 0.0926. The largest absolute Gasteiger partial charge is 0.453 e. The van der Waals surface area contributed by atoms with Crippen LogP contribution in [0.1, 0.15) is 13.8 Å². The molecule has 0 aromatic rings. The summed E-state index contributed by atoms with van der Waals surface area (Å²) in [7, 11) is 12.2. The highest BCUT2D eigenvalue weighted by Crippen LogP contribution is 1.78. The van der Waals surface area contributed by atoms with Crippen molar-refractivity contribution in [3.05, 3.63) is 0 Å². The van der Waals surface area contributed by atoms with Gasteiger partial charge in [0.15, 0.2) is 0 Å². The quantitative estimate of drug-likeness (QED) is 0.707. The molecule has 0 aliphatic carbocycles. The molecule has 0 saturated carbocycles. The Morgan fingerprint density at radius 3 is 1.22 bits per heavy atom. The van der Waals surface area contributed by atoms with E-state index >= 15 is 0 Å². The van der Waals surface area contributed by atoms with Crippen molar-refractivity contribution >= 4 is 12.0 Å². The van der Waals surface area contributed by atoms with E-state index in [-0.39, 0.29) is 12.0 Å². The molecule has 6 heteroatoms. The molecule has 0 aliphatic rings. The third-order valence-corrected chi connectivity index (χ3v) is 1.80. The summed E-state index contributed by atoms with van der Waals surface area (Å²) >= 11 is 0. The first-order valence-corrected chi connectivity index (χ1v) is 5.67. The third kappa shape index (κ3) is 24.1. The van der Waals surface area contributed by atoms with Gasteiger partial charge in [0.1, 0.15) is 0 Å². The topological polar surface area (TPSA) is 53.1 Å². The van der Waals surface area contributed by atoms with Crippen LogP contribution in [0.3, 0.4) is 0 Å². The van der Waals surface area contributed by atoms with Gasteiger partial charge in [-0.2, -0.15) is 0 Å². The molecule has 0 aromatic carbocycles. The summed E-state index contributed by atoms with van der Waals surface area (Å²) in [6, 6.07) is 0. The highest BCUT2D eigenvalue weighted by molar-refractivity contribution is 5.72. The van der Waals surface area contributed by atoms with Crippen molar-refractivity contribution in [2.24, 2.45) is 0 Å². The van der Waals surface area contributed by atoms with Gasteiger partial charge in [-0.3, -0.25) is 4.79 Å². The number of ether oxygens (including phenoxy) is 1. The maximum Gasteiger partial charge on any atom is 0.408 e. The SMILES string of the molecule is CC(=O)N(C)C.CCN(C)C.COC(=O)N(C)C. The average Bonchev–Trinajstić information content (AvgIpc) is 2.29. The second kappa shape index (κ2) is 13.8. The van der Waals surface area contributed by atoms with Crippen molar-refractivity contribution in [3.63, 3.8) is 0 Å². The second-order valence-corrected chi connectivity index (χ2v) is 4.17. The average molecular weight is 263 g/mol. The van der Waals surface area contributed by atoms with E-state index in [2.05, 4.69) is 30.7 Å². The van der Waals surface area contributed by atoms with Crippen LogP contribution in [0.5, 0.6) is 0 Å². The molecule has 0 atom stereocenters. The van der Waals surface area contributed by atoms with E-state index in [9.17, 15) is 9.59 Å². The Morgan fingerprint density at radius 1 is 0.944 bits per heavy atom. The highest BCUT2D eigenvalue weighted by Gasteiger charge is 1.97. The summed E-state index contributed by atoms with van der Waals surface area (Å²) in [5, 5.41) is 0. The van der Waals surface area contributed by atoms with Gasteiger partial charge in [0, 0.05) is 35.1 Å². The molecule has 0 bridgehead atoms. The lowest BCUT2D eigenvalue weighted by molar-refractivity contribution is -0.126. The zero-order chi connectivity index (χ0) is 15.3. The zero-order valence-electron chi connectivity index (χ0n) is 13.3. The summed E-state index contributed by atoms with van der Waals surface area (Å²) in [6.07, 6.45) is -0.319. The van der Waals surface area contributed by atoms with Crippen LogP contribution in [-0.4, -0.2) is 82.6 Å². The van der Waals surface area contributed by atoms with Gasteiger partial charge in [-0.05, 0) is 20.6 Å². The molecule has 0 heterocycles. The van der Waals surface area contributed by atoms with Crippen LogP contribution in [-0.2, 0) is 9.53 Å². The van der Waals surface area contributed by atoms with Crippen molar-refractivity contribution in [1.29, 1.82) is 0 Å². The fourth-order valence-electron chi connectivity index (χ4n) is 0.183. The number of carbonyl (C=O) groups excluding carboxylic acids is 2. The number of carbonyl (C=O) groups is 2. The first-order valence-electron chi connectivity index (χ1n) is 5.67. The van der Waals surface area contributed by atoms with Crippen molar-refractivity contribution in [2.75, 3.05) is 55.9 Å². The van der Waals surface area contributed by atoms with Crippen molar-refractivity contribution in [1.82, 2.24) is 14.7 Å². The molecular weight excluding hydrogens is 234 g/mol. The van der Waals surface area contributed by atoms with E-state index in [4.69, 9.17) is 0 Å². The smallest absolute Gasteiger partial charge is 0.408 e. The van der Waals surface area contributed by atoms with Gasteiger partial charge < -0.3 is 19.4 Å². The molecule has 0 aliphatic heterocycles. The monoisotopic (exact) mass is 263 g/mol. The van der Waals surface area contributed by atoms with Crippen LogP contribution < -0.4 is 0 Å². The minimum Gasteiger partial charge on any atom is -0.453 e. The molecule has 0 saturated heterocycles. The van der Waals surface area contributed by atoms with E-state index in [0.717, 1.165) is 6.54 Å². The Morgan fingerprint density at radius 2 is 1.22 bits per heavy atom. The molecule has 18 heavy (non-hydrogen) atoms. The molecule has 0 spiro atoms. The van der Waals surface area contributed by atoms with Gasteiger partial charge in [0.05, 0.1) is 7.11 Å². The summed E-state index contributed by atoms with van der Waals surface area (Å²) < 4.78 is 4.30. The fourth-order valence-corrected chi connectivity index (χ4v) is 0.183. The van der Waals surface area contributed by atoms with E-state index in [1.54, 1.807) is 28.2 Å². The Hall–Kier alpha value is -1.30. The Balaban J connectivity index is -0.000000190. The van der Waals surface area contributed by atoms with Crippen molar-refractivity contribution < 1.29 is 14.3 Å². The maximum atomic E-state index is 10.2. The first-order chi connectivity index (χ1) is 8.09. The summed E-state index contributed by atoms with van der Waals surface area (Å²) in [6.45, 7) is 4.79. The summed E-state index contributed by atoms with van der Waals surface area (Å²) in [5.41, 5.74) is 0. The minimum atomic E-state index is -0.319. The van der Waals surface area contributed by atoms with Crippen LogP contribution in [0, 0.1) is 0 Å². The van der Waals surface area contributed by atoms with E-state index in [0.29, 0.717) is 0 Å². The van der Waals surface area contributed by atoms with Gasteiger partial charge >= 0.3 is 6.09 Å². The first kappa shape index (κ1) is 21.9. The lowest BCUT2D eigenvalue weighted by atomic mass is 10.7. The van der Waals surface area contributed by atoms with Crippen molar-refractivity contribution in [2.45, 2.75) is 13.8 Å². The van der Waals surface area contributed by atoms with Gasteiger partial charge in [-0.25, -0.2) is 4.79 Å². The Bertz CT molecular complexity index is 217. The van der Waals surface area contributed by atoms with Gasteiger partial charge in [0.2, 0.25) is 5.91 Å². The third-order valence-electron chi connectivity index (χ3n) is 1.80. The molecule has 0 fully saturated rings. The standard InChI is InChI=1S/C4H9NO2.C4H9NO.C4H11N/c1-5(2)4(6)7-3;1-4(6)5(2)3;1-4-5(2)3/h1-3H3;1-3H3;4H2,1-3H3. The predicted octanol–water partition coefficient (Wildman–Crippen LogP) is 0.977. The van der Waals surface area contributed by atoms with Crippen LogP contribution in [0.25, 0.3) is 0 Å². The lowest BCUT2D eigenvalue weighted by Crippen LogP contribution is -2.20. The van der Waals surface area contributed by atoms with Crippen LogP contribution >= 0.6 is 0 Å². The lowest BCUT2D eigenvalue weighted by Gasteiger charge is -2.05. The molecule has 0 N–H and O–H groups in total. The van der Waals surface area contributed by atoms with Crippen molar-refractivity contribution in [3.8, 4) is 0 Å². The van der Waals surface area contributed by atoms with Crippen LogP contribution in [0.15, 0.2) is 0 Å². The summed E-state index contributed by atoms with van der Waals surface area (Å²) in [5.74, 6) is 0.0926. The Labute approximate surface area is 111 Å². The molecule has 6 nitrogen and oxygen atoms in total. The maximum absolute atomic E-state index is 10.2. The van der Waals surface area contributed by atoms with E-state index in [1.807, 2.05) is 0 Å². The number of nitrogens with zero attached hydrogens (tertiary/aromatic N) is 3. The normalized spacial score (nSPS) is 8.33. The number of hydrogen-bond acceptors (Lipinski definition) is 4. The number of amides is 2. The predicted molar refractivity (Wildman–Crippen MR) is 74.7 cm³/mol. The highest BCUT2D eigenvalue weighted by atomic mass is 16.5. The molecule has 2 amide bonds. The molecule has 110 valence electrons. The Kier molecular flexibility index (Phi) is 16.8. The molecule has 0 rings (SSSR count). The molecule has 0 radical (unpaired) electrons. The molecular formula is C12H29N3O3. The van der Waals surface area contributed by atoms with Crippen LogP contribution in [0.4, 0.5) is 4.79 Å². The summed E-state index contributed by atoms with van der Waals surface area (Å²) in [4.78, 5) is 25.3. The van der Waals surface area contributed by atoms with Crippen LogP contribution in [0.2, 0.25) is 0 Å². The number of methoxy groups -OCH3 is 1.